The van der Waals surface area contributed by atoms with Crippen LogP contribution in [0.1, 0.15) is 16.8 Å². The third kappa shape index (κ3) is 2.45. The first-order valence-corrected chi connectivity index (χ1v) is 6.63. The van der Waals surface area contributed by atoms with Gasteiger partial charge >= 0.3 is 6.03 Å². The average molecular weight is 281 g/mol. The predicted octanol–water partition coefficient (Wildman–Crippen LogP) is 2.27. The van der Waals surface area contributed by atoms with E-state index in [2.05, 4.69) is 36.6 Å². The number of aryl methyl sites for hydroxylation is 2. The molecule has 1 aliphatic rings. The van der Waals surface area contributed by atoms with Gasteiger partial charge in [0.05, 0.1) is 0 Å². The third-order valence-corrected chi connectivity index (χ3v) is 3.56. The Hall–Kier alpha value is -2.82. The molecule has 2 aromatic rings. The fraction of sp³-hybridized carbons (Fsp3) is 0.125. The average Bonchev–Trinajstić information content (AvgIpc) is 3.01. The zero-order valence-electron chi connectivity index (χ0n) is 11.8. The van der Waals surface area contributed by atoms with Crippen molar-refractivity contribution in [3.05, 3.63) is 59.0 Å². The summed E-state index contributed by atoms with van der Waals surface area (Å²) >= 11 is 0. The summed E-state index contributed by atoms with van der Waals surface area (Å²) in [6, 6.07) is 9.47. The largest absolute Gasteiger partial charge is 0.326 e. The van der Waals surface area contributed by atoms with Crippen molar-refractivity contribution in [1.29, 1.82) is 0 Å². The van der Waals surface area contributed by atoms with Crippen molar-refractivity contribution in [2.75, 3.05) is 0 Å². The Balaban J connectivity index is 2.01. The SMILES string of the molecule is Cc1ccc(-n2cccc2/C=C2/NC(=O)NC2=O)cc1C. The summed E-state index contributed by atoms with van der Waals surface area (Å²) in [6.45, 7) is 4.13. The number of rotatable bonds is 2. The molecule has 106 valence electrons. The number of urea groups is 1. The second-order valence-electron chi connectivity index (χ2n) is 5.04. The van der Waals surface area contributed by atoms with Gasteiger partial charge in [0, 0.05) is 17.6 Å². The van der Waals surface area contributed by atoms with E-state index in [9.17, 15) is 9.59 Å². The second kappa shape index (κ2) is 4.94. The molecule has 0 aliphatic carbocycles. The maximum Gasteiger partial charge on any atom is 0.326 e. The first-order chi connectivity index (χ1) is 10.0. The van der Waals surface area contributed by atoms with Crippen molar-refractivity contribution in [1.82, 2.24) is 15.2 Å². The molecule has 0 radical (unpaired) electrons. The number of nitrogens with one attached hydrogen (secondary N) is 2. The molecule has 1 saturated heterocycles. The van der Waals surface area contributed by atoms with E-state index in [0.717, 1.165) is 11.4 Å². The van der Waals surface area contributed by atoms with Crippen molar-refractivity contribution in [3.63, 3.8) is 0 Å². The number of imide groups is 1. The van der Waals surface area contributed by atoms with Crippen LogP contribution in [-0.2, 0) is 4.79 Å². The van der Waals surface area contributed by atoms with Gasteiger partial charge in [-0.3, -0.25) is 10.1 Å². The Labute approximate surface area is 122 Å². The number of aromatic nitrogens is 1. The molecule has 5 nitrogen and oxygen atoms in total. The molecule has 5 heteroatoms. The molecule has 3 amide bonds. The van der Waals surface area contributed by atoms with Crippen LogP contribution in [0.15, 0.2) is 42.2 Å². The van der Waals surface area contributed by atoms with E-state index in [1.165, 1.54) is 11.1 Å². The van der Waals surface area contributed by atoms with Crippen LogP contribution < -0.4 is 10.6 Å². The summed E-state index contributed by atoms with van der Waals surface area (Å²) in [4.78, 5) is 22.7. The highest BCUT2D eigenvalue weighted by Crippen LogP contribution is 2.18. The van der Waals surface area contributed by atoms with Gasteiger partial charge in [-0.15, -0.1) is 0 Å². The minimum absolute atomic E-state index is 0.254. The van der Waals surface area contributed by atoms with E-state index < -0.39 is 11.9 Å². The minimum Gasteiger partial charge on any atom is -0.317 e. The Bertz CT molecular complexity index is 772. The molecule has 2 heterocycles. The van der Waals surface area contributed by atoms with Gasteiger partial charge in [-0.2, -0.15) is 0 Å². The highest BCUT2D eigenvalue weighted by Gasteiger charge is 2.23. The molecule has 1 aliphatic heterocycles. The van der Waals surface area contributed by atoms with Crippen molar-refractivity contribution in [3.8, 4) is 5.69 Å². The summed E-state index contributed by atoms with van der Waals surface area (Å²) in [5, 5.41) is 4.68. The summed E-state index contributed by atoms with van der Waals surface area (Å²) in [5.74, 6) is -0.409. The molecule has 0 saturated carbocycles. The first-order valence-electron chi connectivity index (χ1n) is 6.63. The van der Waals surface area contributed by atoms with Crippen LogP contribution in [0.2, 0.25) is 0 Å². The molecule has 1 aromatic heterocycles. The maximum absolute atomic E-state index is 11.6. The molecule has 2 N–H and O–H groups in total. The monoisotopic (exact) mass is 281 g/mol. The van der Waals surface area contributed by atoms with E-state index >= 15 is 0 Å². The Morgan fingerprint density at radius 3 is 2.52 bits per heavy atom. The highest BCUT2D eigenvalue weighted by molar-refractivity contribution is 6.13. The lowest BCUT2D eigenvalue weighted by atomic mass is 10.1. The van der Waals surface area contributed by atoms with Gasteiger partial charge < -0.3 is 9.88 Å². The van der Waals surface area contributed by atoms with Gasteiger partial charge in [0.25, 0.3) is 5.91 Å². The maximum atomic E-state index is 11.6. The number of amides is 3. The number of hydrogen-bond donors (Lipinski definition) is 2. The molecule has 0 spiro atoms. The summed E-state index contributed by atoms with van der Waals surface area (Å²) in [5.41, 5.74) is 4.52. The molecular formula is C16H15N3O2. The molecule has 1 fully saturated rings. The van der Waals surface area contributed by atoms with Gasteiger partial charge in [-0.25, -0.2) is 4.79 Å². The second-order valence-corrected chi connectivity index (χ2v) is 5.04. The highest BCUT2D eigenvalue weighted by atomic mass is 16.2. The molecular weight excluding hydrogens is 266 g/mol. The normalized spacial score (nSPS) is 16.2. The van der Waals surface area contributed by atoms with Crippen molar-refractivity contribution in [2.24, 2.45) is 0 Å². The molecule has 1 aromatic carbocycles. The number of benzene rings is 1. The topological polar surface area (TPSA) is 63.1 Å². The predicted molar refractivity (Wildman–Crippen MR) is 79.9 cm³/mol. The van der Waals surface area contributed by atoms with Gasteiger partial charge in [-0.1, -0.05) is 6.07 Å². The van der Waals surface area contributed by atoms with Crippen LogP contribution >= 0.6 is 0 Å². The van der Waals surface area contributed by atoms with E-state index in [1.54, 1.807) is 6.08 Å². The van der Waals surface area contributed by atoms with E-state index in [1.807, 2.05) is 29.0 Å². The van der Waals surface area contributed by atoms with E-state index in [0.29, 0.717) is 0 Å². The number of hydrogen-bond acceptors (Lipinski definition) is 2. The van der Waals surface area contributed by atoms with Crippen LogP contribution in [0.5, 0.6) is 0 Å². The molecule has 21 heavy (non-hydrogen) atoms. The third-order valence-electron chi connectivity index (χ3n) is 3.56. The standard InChI is InChI=1S/C16H15N3O2/c1-10-5-6-13(8-11(10)2)19-7-3-4-12(19)9-14-15(20)18-16(21)17-14/h3-9H,1-2H3,(H2,17,18,20,21)/b14-9+. The van der Waals surface area contributed by atoms with Gasteiger partial charge in [0.15, 0.2) is 0 Å². The van der Waals surface area contributed by atoms with Crippen LogP contribution in [0, 0.1) is 13.8 Å². The molecule has 0 atom stereocenters. The quantitative estimate of drug-likeness (QED) is 0.655. The number of carbonyl (C=O) groups is 2. The van der Waals surface area contributed by atoms with Gasteiger partial charge in [-0.05, 0) is 55.3 Å². The molecule has 0 bridgehead atoms. The fourth-order valence-corrected chi connectivity index (χ4v) is 2.25. The summed E-state index contributed by atoms with van der Waals surface area (Å²) < 4.78 is 1.97. The van der Waals surface area contributed by atoms with E-state index in [-0.39, 0.29) is 5.70 Å². The van der Waals surface area contributed by atoms with Gasteiger partial charge in [0.2, 0.25) is 0 Å². The fourth-order valence-electron chi connectivity index (χ4n) is 2.25. The van der Waals surface area contributed by atoms with Gasteiger partial charge in [0.1, 0.15) is 5.70 Å². The van der Waals surface area contributed by atoms with Crippen LogP contribution in [0.4, 0.5) is 4.79 Å². The van der Waals surface area contributed by atoms with Crippen LogP contribution in [0.25, 0.3) is 11.8 Å². The summed E-state index contributed by atoms with van der Waals surface area (Å²) in [6.07, 6.45) is 3.58. The zero-order chi connectivity index (χ0) is 15.0. The Morgan fingerprint density at radius 2 is 1.86 bits per heavy atom. The van der Waals surface area contributed by atoms with Crippen molar-refractivity contribution >= 4 is 18.0 Å². The lowest BCUT2D eigenvalue weighted by Gasteiger charge is -2.09. The number of carbonyl (C=O) groups excluding carboxylic acids is 2. The Kier molecular flexibility index (Phi) is 3.10. The van der Waals surface area contributed by atoms with Crippen LogP contribution in [-0.4, -0.2) is 16.5 Å². The first kappa shape index (κ1) is 13.2. The minimum atomic E-state index is -0.490. The zero-order valence-corrected chi connectivity index (χ0v) is 11.8. The summed E-state index contributed by atoms with van der Waals surface area (Å²) in [7, 11) is 0. The molecule has 3 rings (SSSR count). The smallest absolute Gasteiger partial charge is 0.317 e. The Morgan fingerprint density at radius 1 is 1.05 bits per heavy atom. The van der Waals surface area contributed by atoms with Crippen LogP contribution in [0.3, 0.4) is 0 Å². The lowest BCUT2D eigenvalue weighted by molar-refractivity contribution is -0.115. The molecule has 0 unspecified atom stereocenters. The van der Waals surface area contributed by atoms with Crippen molar-refractivity contribution < 1.29 is 9.59 Å². The number of nitrogens with zero attached hydrogens (tertiary/aromatic N) is 1. The van der Waals surface area contributed by atoms with Crippen molar-refractivity contribution in [2.45, 2.75) is 13.8 Å². The lowest BCUT2D eigenvalue weighted by Crippen LogP contribution is -2.22. The van der Waals surface area contributed by atoms with E-state index in [4.69, 9.17) is 0 Å².